The summed E-state index contributed by atoms with van der Waals surface area (Å²) in [5.74, 6) is 0. The van der Waals surface area contributed by atoms with Crippen molar-refractivity contribution in [1.29, 1.82) is 0 Å². The standard InChI is InChI=1S/C12H4O5/c1-3-13-7-5(1)15-11-9(7)17-10-8-6(2-4-14-8)16-12(10)11/h1-4H. The lowest BCUT2D eigenvalue weighted by atomic mass is 10.4. The minimum Gasteiger partial charge on any atom is -0.457 e. The molecule has 0 unspecified atom stereocenters. The van der Waals surface area contributed by atoms with Gasteiger partial charge in [-0.2, -0.15) is 0 Å². The van der Waals surface area contributed by atoms with E-state index in [9.17, 15) is 0 Å². The summed E-state index contributed by atoms with van der Waals surface area (Å²) < 4.78 is 27.6. The van der Waals surface area contributed by atoms with Gasteiger partial charge in [0, 0.05) is 12.1 Å². The molecule has 0 bridgehead atoms. The van der Waals surface area contributed by atoms with Crippen LogP contribution < -0.4 is 0 Å². The van der Waals surface area contributed by atoms with Crippen molar-refractivity contribution >= 4 is 44.7 Å². The lowest BCUT2D eigenvalue weighted by Crippen LogP contribution is -1.52. The van der Waals surface area contributed by atoms with E-state index in [-0.39, 0.29) is 0 Å². The van der Waals surface area contributed by atoms with Gasteiger partial charge in [0.2, 0.25) is 33.5 Å². The Hall–Kier alpha value is -2.56. The zero-order valence-electron chi connectivity index (χ0n) is 8.35. The van der Waals surface area contributed by atoms with Crippen molar-refractivity contribution in [2.75, 3.05) is 0 Å². The molecule has 0 aliphatic carbocycles. The number of rotatable bonds is 0. The number of hydrogen-bond acceptors (Lipinski definition) is 5. The molecule has 0 aromatic carbocycles. The molecule has 0 spiro atoms. The maximum absolute atomic E-state index is 5.70. The molecule has 0 radical (unpaired) electrons. The van der Waals surface area contributed by atoms with Crippen molar-refractivity contribution in [3.05, 3.63) is 24.7 Å². The van der Waals surface area contributed by atoms with Crippen molar-refractivity contribution in [1.82, 2.24) is 0 Å². The number of fused-ring (bicyclic) bond motifs is 7. The van der Waals surface area contributed by atoms with E-state index in [0.29, 0.717) is 44.7 Å². The Morgan fingerprint density at radius 2 is 1.00 bits per heavy atom. The van der Waals surface area contributed by atoms with E-state index in [4.69, 9.17) is 22.1 Å². The molecule has 17 heavy (non-hydrogen) atoms. The Kier molecular flexibility index (Phi) is 1.01. The molecule has 0 aliphatic heterocycles. The van der Waals surface area contributed by atoms with Crippen molar-refractivity contribution in [2.45, 2.75) is 0 Å². The quantitative estimate of drug-likeness (QED) is 0.396. The first-order chi connectivity index (χ1) is 8.42. The van der Waals surface area contributed by atoms with Crippen LogP contribution in [0.1, 0.15) is 0 Å². The molecule has 5 rings (SSSR count). The molecule has 5 aromatic rings. The fourth-order valence-electron chi connectivity index (χ4n) is 2.19. The van der Waals surface area contributed by atoms with Crippen LogP contribution in [0.4, 0.5) is 0 Å². The van der Waals surface area contributed by atoms with Gasteiger partial charge in [-0.1, -0.05) is 0 Å². The van der Waals surface area contributed by atoms with Crippen LogP contribution in [0.2, 0.25) is 0 Å². The molecule has 5 heterocycles. The second kappa shape index (κ2) is 2.24. The van der Waals surface area contributed by atoms with Gasteiger partial charge in [-0.3, -0.25) is 0 Å². The molecule has 0 aliphatic rings. The maximum Gasteiger partial charge on any atom is 0.220 e. The van der Waals surface area contributed by atoms with Crippen LogP contribution in [0.15, 0.2) is 46.7 Å². The fraction of sp³-hybridized carbons (Fsp3) is 0. The zero-order valence-corrected chi connectivity index (χ0v) is 8.35. The van der Waals surface area contributed by atoms with Gasteiger partial charge in [0.1, 0.15) is 0 Å². The zero-order chi connectivity index (χ0) is 11.0. The van der Waals surface area contributed by atoms with Gasteiger partial charge >= 0.3 is 0 Å². The molecule has 0 fully saturated rings. The van der Waals surface area contributed by atoms with E-state index in [1.54, 1.807) is 24.7 Å². The SMILES string of the molecule is c1cc2oc3c(oc4c5occc5oc43)c2o1. The van der Waals surface area contributed by atoms with Gasteiger partial charge in [-0.15, -0.1) is 0 Å². The van der Waals surface area contributed by atoms with Crippen LogP contribution in [0.5, 0.6) is 0 Å². The fourth-order valence-corrected chi connectivity index (χ4v) is 2.19. The molecular formula is C12H4O5. The predicted octanol–water partition coefficient (Wildman–Crippen LogP) is 4.26. The van der Waals surface area contributed by atoms with Crippen molar-refractivity contribution in [3.8, 4) is 0 Å². The summed E-state index contributed by atoms with van der Waals surface area (Å²) in [4.78, 5) is 0. The Balaban J connectivity index is 2.16. The molecule has 0 saturated heterocycles. The van der Waals surface area contributed by atoms with Crippen molar-refractivity contribution in [2.24, 2.45) is 0 Å². The Labute approximate surface area is 92.1 Å². The normalized spacial score (nSPS) is 12.7. The van der Waals surface area contributed by atoms with Crippen molar-refractivity contribution in [3.63, 3.8) is 0 Å². The molecular weight excluding hydrogens is 224 g/mol. The van der Waals surface area contributed by atoms with Gasteiger partial charge in [0.05, 0.1) is 12.5 Å². The van der Waals surface area contributed by atoms with Crippen LogP contribution in [-0.2, 0) is 0 Å². The highest BCUT2D eigenvalue weighted by Crippen LogP contribution is 2.41. The van der Waals surface area contributed by atoms with E-state index in [0.717, 1.165) is 0 Å². The van der Waals surface area contributed by atoms with Crippen LogP contribution >= 0.6 is 0 Å². The molecule has 0 N–H and O–H groups in total. The molecule has 82 valence electrons. The summed E-state index contributed by atoms with van der Waals surface area (Å²) in [6.45, 7) is 0. The van der Waals surface area contributed by atoms with Crippen molar-refractivity contribution < 1.29 is 22.1 Å². The lowest BCUT2D eigenvalue weighted by Gasteiger charge is -1.76. The number of hydrogen-bond donors (Lipinski definition) is 0. The second-order valence-electron chi connectivity index (χ2n) is 3.85. The molecule has 5 heteroatoms. The molecule has 0 saturated carbocycles. The van der Waals surface area contributed by atoms with Crippen LogP contribution in [0.3, 0.4) is 0 Å². The molecule has 0 amide bonds. The van der Waals surface area contributed by atoms with Gasteiger partial charge in [0.15, 0.2) is 11.2 Å². The van der Waals surface area contributed by atoms with Crippen LogP contribution in [-0.4, -0.2) is 0 Å². The summed E-state index contributed by atoms with van der Waals surface area (Å²) in [5.41, 5.74) is 4.69. The third-order valence-corrected chi connectivity index (χ3v) is 2.92. The maximum atomic E-state index is 5.70. The highest BCUT2D eigenvalue weighted by molar-refractivity contribution is 6.14. The summed E-state index contributed by atoms with van der Waals surface area (Å²) in [6, 6.07) is 3.48. The Morgan fingerprint density at radius 1 is 0.529 bits per heavy atom. The average Bonchev–Trinajstić information content (AvgIpc) is 2.99. The van der Waals surface area contributed by atoms with E-state index >= 15 is 0 Å². The second-order valence-corrected chi connectivity index (χ2v) is 3.85. The van der Waals surface area contributed by atoms with E-state index in [2.05, 4.69) is 0 Å². The Bertz CT molecular complexity index is 904. The van der Waals surface area contributed by atoms with Gasteiger partial charge in [0.25, 0.3) is 0 Å². The number of furan rings is 5. The summed E-state index contributed by atoms with van der Waals surface area (Å²) in [7, 11) is 0. The van der Waals surface area contributed by atoms with Gasteiger partial charge < -0.3 is 22.1 Å². The monoisotopic (exact) mass is 228 g/mol. The first-order valence-corrected chi connectivity index (χ1v) is 5.10. The minimum absolute atomic E-state index is 0.553. The van der Waals surface area contributed by atoms with E-state index < -0.39 is 0 Å². The molecule has 5 aromatic heterocycles. The van der Waals surface area contributed by atoms with Crippen LogP contribution in [0.25, 0.3) is 44.7 Å². The van der Waals surface area contributed by atoms with Crippen LogP contribution in [0, 0.1) is 0 Å². The lowest BCUT2D eigenvalue weighted by molar-refractivity contribution is 0.589. The van der Waals surface area contributed by atoms with Gasteiger partial charge in [-0.25, -0.2) is 0 Å². The predicted molar refractivity (Wildman–Crippen MR) is 57.8 cm³/mol. The van der Waals surface area contributed by atoms with E-state index in [1.165, 1.54) is 0 Å². The molecule has 5 nitrogen and oxygen atoms in total. The summed E-state index contributed by atoms with van der Waals surface area (Å²) in [6.07, 6.45) is 3.11. The largest absolute Gasteiger partial charge is 0.457 e. The highest BCUT2D eigenvalue weighted by atomic mass is 16.4. The van der Waals surface area contributed by atoms with Gasteiger partial charge in [-0.05, 0) is 0 Å². The first-order valence-electron chi connectivity index (χ1n) is 5.10. The summed E-state index contributed by atoms with van der Waals surface area (Å²) >= 11 is 0. The third kappa shape index (κ3) is 0.720. The van der Waals surface area contributed by atoms with E-state index in [1.807, 2.05) is 0 Å². The summed E-state index contributed by atoms with van der Waals surface area (Å²) in [5, 5.41) is 0. The topological polar surface area (TPSA) is 65.7 Å². The molecule has 0 atom stereocenters. The third-order valence-electron chi connectivity index (χ3n) is 2.92. The Morgan fingerprint density at radius 3 is 1.53 bits per heavy atom. The smallest absolute Gasteiger partial charge is 0.220 e. The highest BCUT2D eigenvalue weighted by Gasteiger charge is 2.24. The minimum atomic E-state index is 0.553. The first kappa shape index (κ1) is 7.67. The average molecular weight is 228 g/mol.